The number of hydrogen-bond acceptors (Lipinski definition) is 4. The van der Waals surface area contributed by atoms with Crippen LogP contribution in [0, 0.1) is 17.2 Å². The molecule has 0 aromatic heterocycles. The number of nitriles is 1. The van der Waals surface area contributed by atoms with Crippen molar-refractivity contribution in [3.05, 3.63) is 0 Å². The Kier molecular flexibility index (Phi) is 23.3. The van der Waals surface area contributed by atoms with E-state index in [9.17, 15) is 8.42 Å². The van der Waals surface area contributed by atoms with Gasteiger partial charge in [0.05, 0.1) is 18.4 Å². The van der Waals surface area contributed by atoms with Gasteiger partial charge in [-0.2, -0.15) is 5.26 Å². The van der Waals surface area contributed by atoms with Crippen molar-refractivity contribution in [2.24, 2.45) is 5.92 Å². The van der Waals surface area contributed by atoms with Crippen molar-refractivity contribution < 1.29 is 13.2 Å². The van der Waals surface area contributed by atoms with Gasteiger partial charge in [0, 0.05) is 29.9 Å². The number of sulfonamides is 1. The van der Waals surface area contributed by atoms with E-state index < -0.39 is 10.0 Å². The van der Waals surface area contributed by atoms with Crippen LogP contribution in [0.5, 0.6) is 0 Å². The lowest BCUT2D eigenvalue weighted by atomic mass is 10.0. The molecule has 1 unspecified atom stereocenters. The molecular weight excluding hydrogens is 523 g/mol. The molecule has 0 aromatic rings. The van der Waals surface area contributed by atoms with Gasteiger partial charge in [0.25, 0.3) is 0 Å². The summed E-state index contributed by atoms with van der Waals surface area (Å²) in [6, 6.07) is 2.14. The third-order valence-corrected chi connectivity index (χ3v) is 7.71. The molecule has 0 radical (unpaired) electrons. The zero-order chi connectivity index (χ0) is 23.0. The van der Waals surface area contributed by atoms with E-state index in [0.717, 1.165) is 10.8 Å². The molecule has 5 nitrogen and oxygen atoms in total. The lowest BCUT2D eigenvalue weighted by Gasteiger charge is -2.15. The van der Waals surface area contributed by atoms with Crippen molar-refractivity contribution in [1.82, 2.24) is 4.72 Å². The number of alkyl halides is 1. The minimum absolute atomic E-state index is 0.0778. The van der Waals surface area contributed by atoms with E-state index in [1.54, 1.807) is 0 Å². The molecule has 0 aliphatic heterocycles. The van der Waals surface area contributed by atoms with Crippen molar-refractivity contribution in [3.8, 4) is 6.07 Å². The molecule has 7 heteroatoms. The van der Waals surface area contributed by atoms with Crippen molar-refractivity contribution in [2.45, 2.75) is 110 Å². The van der Waals surface area contributed by atoms with Crippen LogP contribution in [0.1, 0.15) is 110 Å². The van der Waals surface area contributed by atoms with Crippen LogP contribution in [0.4, 0.5) is 0 Å². The lowest BCUT2D eigenvalue weighted by molar-refractivity contribution is 0.0984. The van der Waals surface area contributed by atoms with Crippen molar-refractivity contribution in [1.29, 1.82) is 5.26 Å². The molecule has 0 spiro atoms. The quantitative estimate of drug-likeness (QED) is 0.0790. The van der Waals surface area contributed by atoms with Crippen LogP contribution >= 0.6 is 22.6 Å². The number of rotatable bonds is 24. The molecule has 0 heterocycles. The monoisotopic (exact) mass is 570 g/mol. The van der Waals surface area contributed by atoms with Crippen LogP contribution < -0.4 is 4.72 Å². The predicted molar refractivity (Wildman–Crippen MR) is 140 cm³/mol. The van der Waals surface area contributed by atoms with Crippen LogP contribution in [0.15, 0.2) is 0 Å². The molecule has 184 valence electrons. The maximum Gasteiger partial charge on any atom is 0.211 e. The van der Waals surface area contributed by atoms with E-state index in [0.29, 0.717) is 26.1 Å². The van der Waals surface area contributed by atoms with Gasteiger partial charge in [-0.05, 0) is 12.8 Å². The van der Waals surface area contributed by atoms with Gasteiger partial charge in [-0.15, -0.1) is 0 Å². The molecule has 0 amide bonds. The molecule has 0 saturated heterocycles. The zero-order valence-corrected chi connectivity index (χ0v) is 22.9. The SMILES string of the molecule is CCCCCCCCCCCCCCCCOCC(CC#N)CNS(=O)(=O)CCCI. The van der Waals surface area contributed by atoms with E-state index in [4.69, 9.17) is 10.00 Å². The number of nitrogens with zero attached hydrogens (tertiary/aromatic N) is 1. The highest BCUT2D eigenvalue weighted by Crippen LogP contribution is 2.13. The molecule has 0 aliphatic carbocycles. The average molecular weight is 571 g/mol. The Morgan fingerprint density at radius 3 is 1.87 bits per heavy atom. The van der Waals surface area contributed by atoms with E-state index in [1.807, 2.05) is 0 Å². The van der Waals surface area contributed by atoms with Crippen LogP contribution in [-0.2, 0) is 14.8 Å². The first-order valence-corrected chi connectivity index (χ1v) is 15.7. The highest BCUT2D eigenvalue weighted by atomic mass is 127. The van der Waals surface area contributed by atoms with Crippen LogP contribution in [0.3, 0.4) is 0 Å². The summed E-state index contributed by atoms with van der Waals surface area (Å²) in [7, 11) is -3.24. The maximum absolute atomic E-state index is 11.9. The summed E-state index contributed by atoms with van der Waals surface area (Å²) < 4.78 is 32.9. The molecule has 1 N–H and O–H groups in total. The maximum atomic E-state index is 11.9. The molecule has 0 fully saturated rings. The van der Waals surface area contributed by atoms with Gasteiger partial charge in [0.1, 0.15) is 0 Å². The first kappa shape index (κ1) is 31.1. The smallest absolute Gasteiger partial charge is 0.211 e. The average Bonchev–Trinajstić information content (AvgIpc) is 2.75. The minimum atomic E-state index is -3.24. The van der Waals surface area contributed by atoms with Gasteiger partial charge in [-0.25, -0.2) is 13.1 Å². The topological polar surface area (TPSA) is 79.2 Å². The van der Waals surface area contributed by atoms with Gasteiger partial charge < -0.3 is 4.74 Å². The van der Waals surface area contributed by atoms with E-state index in [2.05, 4.69) is 40.3 Å². The molecule has 0 aromatic carbocycles. The highest BCUT2D eigenvalue weighted by Gasteiger charge is 2.14. The predicted octanol–water partition coefficient (Wildman–Crippen LogP) is 6.76. The van der Waals surface area contributed by atoms with E-state index >= 15 is 0 Å². The summed E-state index contributed by atoms with van der Waals surface area (Å²) in [6.45, 7) is 3.70. The second kappa shape index (κ2) is 23.3. The first-order valence-electron chi connectivity index (χ1n) is 12.5. The van der Waals surface area contributed by atoms with Crippen LogP contribution in [0.25, 0.3) is 0 Å². The Hall–Kier alpha value is 0.0900. The third-order valence-electron chi connectivity index (χ3n) is 5.51. The summed E-state index contributed by atoms with van der Waals surface area (Å²) in [6.07, 6.45) is 19.6. The zero-order valence-electron chi connectivity index (χ0n) is 19.9. The largest absolute Gasteiger partial charge is 0.381 e. The second-order valence-corrected chi connectivity index (χ2v) is 11.6. The highest BCUT2D eigenvalue weighted by molar-refractivity contribution is 14.1. The molecule has 31 heavy (non-hydrogen) atoms. The van der Waals surface area contributed by atoms with E-state index in [-0.39, 0.29) is 18.2 Å². The lowest BCUT2D eigenvalue weighted by Crippen LogP contribution is -2.33. The Balaban J connectivity index is 3.53. The molecule has 0 bridgehead atoms. The normalized spacial score (nSPS) is 12.7. The molecule has 0 rings (SSSR count). The number of unbranched alkanes of at least 4 members (excludes halogenated alkanes) is 13. The first-order chi connectivity index (χ1) is 15.1. The van der Waals surface area contributed by atoms with Gasteiger partial charge in [-0.3, -0.25) is 0 Å². The van der Waals surface area contributed by atoms with Crippen molar-refractivity contribution in [2.75, 3.05) is 29.9 Å². The summed E-state index contributed by atoms with van der Waals surface area (Å²) in [5.74, 6) is 0.0702. The van der Waals surface area contributed by atoms with Gasteiger partial charge >= 0.3 is 0 Å². The second-order valence-electron chi connectivity index (χ2n) is 8.61. The van der Waals surface area contributed by atoms with Gasteiger partial charge in [0.15, 0.2) is 0 Å². The number of nitrogens with one attached hydrogen (secondary N) is 1. The summed E-state index contributed by atoms with van der Waals surface area (Å²) in [4.78, 5) is 0. The number of hydrogen-bond donors (Lipinski definition) is 1. The Morgan fingerprint density at radius 2 is 1.39 bits per heavy atom. The summed E-state index contributed by atoms with van der Waals surface area (Å²) in [5, 5.41) is 8.96. The van der Waals surface area contributed by atoms with Gasteiger partial charge in [-0.1, -0.05) is 113 Å². The molecule has 0 aliphatic rings. The fourth-order valence-corrected chi connectivity index (χ4v) is 5.59. The Labute approximate surface area is 206 Å². The minimum Gasteiger partial charge on any atom is -0.381 e. The third kappa shape index (κ3) is 23.1. The van der Waals surface area contributed by atoms with Gasteiger partial charge in [0.2, 0.25) is 10.0 Å². The van der Waals surface area contributed by atoms with Crippen LogP contribution in [-0.4, -0.2) is 38.4 Å². The van der Waals surface area contributed by atoms with E-state index in [1.165, 1.54) is 83.5 Å². The molecule has 1 atom stereocenters. The Bertz CT molecular complexity index is 523. The fraction of sp³-hybridized carbons (Fsp3) is 0.958. The Morgan fingerprint density at radius 1 is 0.871 bits per heavy atom. The number of ether oxygens (including phenoxy) is 1. The molecule has 0 saturated carbocycles. The van der Waals surface area contributed by atoms with Crippen molar-refractivity contribution in [3.63, 3.8) is 0 Å². The summed E-state index contributed by atoms with van der Waals surface area (Å²) in [5.41, 5.74) is 0. The fourth-order valence-electron chi connectivity index (χ4n) is 3.53. The number of halogens is 1. The van der Waals surface area contributed by atoms with Crippen molar-refractivity contribution >= 4 is 32.6 Å². The van der Waals surface area contributed by atoms with Crippen LogP contribution in [0.2, 0.25) is 0 Å². The molecular formula is C24H47IN2O3S. The standard InChI is InChI=1S/C24H47IN2O3S/c1-2-3-4-5-6-7-8-9-10-11-12-13-14-15-20-30-23-24(17-19-26)22-27-31(28,29)21-16-18-25/h24,27H,2-18,20-23H2,1H3. The summed E-state index contributed by atoms with van der Waals surface area (Å²) >= 11 is 2.17.